The van der Waals surface area contributed by atoms with Crippen molar-refractivity contribution in [3.63, 3.8) is 0 Å². The topological polar surface area (TPSA) is 71.3 Å². The fourth-order valence-electron chi connectivity index (χ4n) is 5.35. The quantitative estimate of drug-likeness (QED) is 0.195. The van der Waals surface area contributed by atoms with Crippen LogP contribution < -0.4 is 5.32 Å². The van der Waals surface area contributed by atoms with E-state index in [0.717, 1.165) is 39.4 Å². The zero-order valence-corrected chi connectivity index (χ0v) is 24.3. The number of rotatable bonds is 7. The summed E-state index contributed by atoms with van der Waals surface area (Å²) in [4.78, 5) is 24.8. The maximum absolute atomic E-state index is 13.3. The Kier molecular flexibility index (Phi) is 8.08. The Balaban J connectivity index is 1.38. The molecule has 220 valence electrons. The predicted molar refractivity (Wildman–Crippen MR) is 162 cm³/mol. The van der Waals surface area contributed by atoms with E-state index in [1.54, 1.807) is 37.3 Å². The Hall–Kier alpha value is -4.56. The smallest absolute Gasteiger partial charge is 0.417 e. The summed E-state index contributed by atoms with van der Waals surface area (Å²) in [5, 5.41) is 12.8. The number of fused-ring (bicyclic) bond motifs is 1. The third-order valence-corrected chi connectivity index (χ3v) is 8.23. The lowest BCUT2D eigenvalue weighted by molar-refractivity contribution is -0.137. The molecule has 0 aliphatic carbocycles. The van der Waals surface area contributed by atoms with Crippen molar-refractivity contribution in [2.24, 2.45) is 0 Å². The molecule has 0 bridgehead atoms. The highest BCUT2D eigenvalue weighted by atomic mass is 35.5. The number of alkyl halides is 3. The summed E-state index contributed by atoms with van der Waals surface area (Å²) in [6, 6.07) is 22.9. The van der Waals surface area contributed by atoms with Gasteiger partial charge in [-0.3, -0.25) is 4.79 Å². The van der Waals surface area contributed by atoms with E-state index in [1.165, 1.54) is 12.1 Å². The van der Waals surface area contributed by atoms with E-state index in [0.29, 0.717) is 17.7 Å². The van der Waals surface area contributed by atoms with Crippen molar-refractivity contribution in [2.75, 3.05) is 0 Å². The summed E-state index contributed by atoms with van der Waals surface area (Å²) in [6.45, 7) is 6.14. The zero-order valence-electron chi connectivity index (χ0n) is 23.6. The van der Waals surface area contributed by atoms with Crippen LogP contribution in [0.3, 0.4) is 0 Å². The number of aromatic nitrogens is 1. The van der Waals surface area contributed by atoms with Crippen molar-refractivity contribution in [1.29, 1.82) is 0 Å². The number of carboxylic acids is 1. The van der Waals surface area contributed by atoms with Crippen LogP contribution in [0, 0.1) is 13.8 Å². The Morgan fingerprint density at radius 2 is 1.65 bits per heavy atom. The van der Waals surface area contributed by atoms with E-state index < -0.39 is 34.7 Å². The number of amides is 1. The van der Waals surface area contributed by atoms with E-state index in [-0.39, 0.29) is 11.1 Å². The normalized spacial score (nSPS) is 12.3. The number of hydrogen-bond donors (Lipinski definition) is 2. The summed E-state index contributed by atoms with van der Waals surface area (Å²) in [7, 11) is 0. The van der Waals surface area contributed by atoms with E-state index in [4.69, 9.17) is 11.6 Å². The van der Waals surface area contributed by atoms with Gasteiger partial charge in [0.05, 0.1) is 22.2 Å². The average molecular weight is 605 g/mol. The van der Waals surface area contributed by atoms with E-state index >= 15 is 0 Å². The monoisotopic (exact) mass is 604 g/mol. The first-order chi connectivity index (χ1) is 20.4. The Bertz CT molecular complexity index is 1860. The van der Waals surface area contributed by atoms with Gasteiger partial charge < -0.3 is 15.0 Å². The van der Waals surface area contributed by atoms with Crippen LogP contribution in [0.5, 0.6) is 0 Å². The Morgan fingerprint density at radius 1 is 0.953 bits per heavy atom. The highest BCUT2D eigenvalue weighted by Gasteiger charge is 2.34. The molecule has 4 aromatic carbocycles. The number of aromatic carboxylic acids is 1. The van der Waals surface area contributed by atoms with Crippen LogP contribution in [0.4, 0.5) is 13.2 Å². The van der Waals surface area contributed by atoms with Gasteiger partial charge in [-0.2, -0.15) is 13.2 Å². The number of carbonyl (C=O) groups excluding carboxylic acids is 1. The fraction of sp³-hybridized carbons (Fsp3) is 0.176. The first kappa shape index (κ1) is 29.9. The van der Waals surface area contributed by atoms with Gasteiger partial charge in [-0.05, 0) is 78.9 Å². The SMILES string of the molecule is Cc1c(C)n(Cc2ccc(-c3ccccc3C(=O)O)cc2)c2ccc(C(=O)NC(C)c3cccc(C(F)(F)F)c3Cl)cc12. The fourth-order valence-corrected chi connectivity index (χ4v) is 5.75. The van der Waals surface area contributed by atoms with Gasteiger partial charge >= 0.3 is 12.1 Å². The Morgan fingerprint density at radius 3 is 2.33 bits per heavy atom. The van der Waals surface area contributed by atoms with Crippen LogP contribution >= 0.6 is 11.6 Å². The van der Waals surface area contributed by atoms with Gasteiger partial charge in [0.25, 0.3) is 5.91 Å². The molecule has 0 aliphatic heterocycles. The molecule has 1 aromatic heterocycles. The molecule has 0 spiro atoms. The van der Waals surface area contributed by atoms with Gasteiger partial charge in [0, 0.05) is 28.7 Å². The van der Waals surface area contributed by atoms with Crippen LogP contribution in [-0.2, 0) is 12.7 Å². The van der Waals surface area contributed by atoms with Crippen molar-refractivity contribution < 1.29 is 27.9 Å². The molecule has 0 fully saturated rings. The highest BCUT2D eigenvalue weighted by Crippen LogP contribution is 2.38. The third-order valence-electron chi connectivity index (χ3n) is 7.81. The lowest BCUT2D eigenvalue weighted by Crippen LogP contribution is -2.27. The van der Waals surface area contributed by atoms with Crippen LogP contribution in [-0.4, -0.2) is 21.6 Å². The predicted octanol–water partition coefficient (Wildman–Crippen LogP) is 8.83. The van der Waals surface area contributed by atoms with Gasteiger partial charge in [0.15, 0.2) is 0 Å². The molecule has 5 aromatic rings. The molecule has 1 atom stereocenters. The van der Waals surface area contributed by atoms with Crippen molar-refractivity contribution in [2.45, 2.75) is 39.5 Å². The molecule has 0 aliphatic rings. The number of aryl methyl sites for hydroxylation is 1. The third kappa shape index (κ3) is 5.88. The van der Waals surface area contributed by atoms with E-state index in [1.807, 2.05) is 50.2 Å². The second-order valence-electron chi connectivity index (χ2n) is 10.5. The molecule has 2 N–H and O–H groups in total. The minimum absolute atomic E-state index is 0.182. The largest absolute Gasteiger partial charge is 0.478 e. The van der Waals surface area contributed by atoms with Crippen LogP contribution in [0.1, 0.15) is 61.6 Å². The van der Waals surface area contributed by atoms with Crippen molar-refractivity contribution >= 4 is 34.4 Å². The molecule has 5 nitrogen and oxygen atoms in total. The van der Waals surface area contributed by atoms with Crippen LogP contribution in [0.15, 0.2) is 84.9 Å². The molecular formula is C34H28ClF3N2O3. The molecule has 1 amide bonds. The summed E-state index contributed by atoms with van der Waals surface area (Å²) in [6.07, 6.45) is -4.60. The van der Waals surface area contributed by atoms with Crippen LogP contribution in [0.25, 0.3) is 22.0 Å². The van der Waals surface area contributed by atoms with Gasteiger partial charge in [-0.25, -0.2) is 4.79 Å². The maximum atomic E-state index is 13.3. The Labute approximate surface area is 251 Å². The summed E-state index contributed by atoms with van der Waals surface area (Å²) >= 11 is 6.06. The summed E-state index contributed by atoms with van der Waals surface area (Å²) < 4.78 is 42.1. The highest BCUT2D eigenvalue weighted by molar-refractivity contribution is 6.32. The second kappa shape index (κ2) is 11.6. The van der Waals surface area contributed by atoms with Gasteiger partial charge in [-0.15, -0.1) is 0 Å². The molecule has 1 unspecified atom stereocenters. The number of nitrogens with zero attached hydrogens (tertiary/aromatic N) is 1. The first-order valence-corrected chi connectivity index (χ1v) is 13.9. The standard InChI is InChI=1S/C34H28ClF3N2O3/c1-19-21(3)40(18-22-11-13-23(14-12-22)26-7-4-5-8-27(26)33(42)43)30-16-15-24(17-28(19)30)32(41)39-20(2)25-9-6-10-29(31(25)35)34(36,37)38/h4-17,20H,18H2,1-3H3,(H,39,41)(H,42,43). The van der Waals surface area contributed by atoms with Gasteiger partial charge in [0.2, 0.25) is 0 Å². The van der Waals surface area contributed by atoms with E-state index in [9.17, 15) is 27.9 Å². The lowest BCUT2D eigenvalue weighted by Gasteiger charge is -2.18. The zero-order chi connectivity index (χ0) is 31.1. The summed E-state index contributed by atoms with van der Waals surface area (Å²) in [5.74, 6) is -1.41. The lowest BCUT2D eigenvalue weighted by atomic mass is 9.99. The molecule has 0 saturated heterocycles. The maximum Gasteiger partial charge on any atom is 0.417 e. The molecule has 1 heterocycles. The van der Waals surface area contributed by atoms with Crippen molar-refractivity contribution in [3.05, 3.63) is 129 Å². The number of carboxylic acid groups (broad SMARTS) is 1. The average Bonchev–Trinajstić information content (AvgIpc) is 3.21. The molecule has 43 heavy (non-hydrogen) atoms. The van der Waals surface area contributed by atoms with Crippen molar-refractivity contribution in [1.82, 2.24) is 9.88 Å². The molecule has 9 heteroatoms. The molecule has 0 radical (unpaired) electrons. The van der Waals surface area contributed by atoms with Crippen LogP contribution in [0.2, 0.25) is 5.02 Å². The molecular weight excluding hydrogens is 577 g/mol. The minimum Gasteiger partial charge on any atom is -0.478 e. The van der Waals surface area contributed by atoms with Gasteiger partial charge in [-0.1, -0.05) is 66.2 Å². The summed E-state index contributed by atoms with van der Waals surface area (Å²) in [5.41, 5.74) is 5.30. The van der Waals surface area contributed by atoms with Crippen molar-refractivity contribution in [3.8, 4) is 11.1 Å². The number of nitrogens with one attached hydrogen (secondary N) is 1. The number of halogens is 4. The number of hydrogen-bond acceptors (Lipinski definition) is 2. The van der Waals surface area contributed by atoms with Gasteiger partial charge in [0.1, 0.15) is 0 Å². The molecule has 0 saturated carbocycles. The second-order valence-corrected chi connectivity index (χ2v) is 10.9. The minimum atomic E-state index is -4.60. The number of carbonyl (C=O) groups is 2. The number of benzene rings is 4. The van der Waals surface area contributed by atoms with E-state index in [2.05, 4.69) is 9.88 Å². The molecule has 5 rings (SSSR count). The first-order valence-electron chi connectivity index (χ1n) is 13.5.